The molecule has 1 saturated heterocycles. The predicted molar refractivity (Wildman–Crippen MR) is 94.5 cm³/mol. The highest BCUT2D eigenvalue weighted by Crippen LogP contribution is 2.30. The lowest BCUT2D eigenvalue weighted by Crippen LogP contribution is -2.45. The Morgan fingerprint density at radius 2 is 2.04 bits per heavy atom. The van der Waals surface area contributed by atoms with Crippen molar-refractivity contribution < 1.29 is 26.4 Å². The van der Waals surface area contributed by atoms with Crippen LogP contribution < -0.4 is 5.32 Å². The highest BCUT2D eigenvalue weighted by molar-refractivity contribution is 7.91. The van der Waals surface area contributed by atoms with Crippen LogP contribution in [0.4, 0.5) is 13.2 Å². The second kappa shape index (κ2) is 7.61. The number of hydrogen-bond acceptors (Lipinski definition) is 4. The second-order valence-corrected chi connectivity index (χ2v) is 9.19. The first-order chi connectivity index (χ1) is 12.7. The number of halogens is 3. The first-order valence-electron chi connectivity index (χ1n) is 8.19. The van der Waals surface area contributed by atoms with Crippen LogP contribution in [0, 0.1) is 0 Å². The number of sulfonamides is 1. The molecule has 1 N–H and O–H groups in total. The Morgan fingerprint density at radius 1 is 1.26 bits per heavy atom. The van der Waals surface area contributed by atoms with Crippen molar-refractivity contribution in [3.63, 3.8) is 0 Å². The number of nitrogens with one attached hydrogen (secondary N) is 1. The van der Waals surface area contributed by atoms with Gasteiger partial charge in [-0.2, -0.15) is 17.5 Å². The van der Waals surface area contributed by atoms with Gasteiger partial charge in [-0.15, -0.1) is 11.3 Å². The maximum atomic E-state index is 12.8. The van der Waals surface area contributed by atoms with Crippen molar-refractivity contribution in [2.24, 2.45) is 0 Å². The Labute approximate surface area is 158 Å². The second-order valence-electron chi connectivity index (χ2n) is 6.12. The van der Waals surface area contributed by atoms with Gasteiger partial charge in [0.2, 0.25) is 5.91 Å². The van der Waals surface area contributed by atoms with Gasteiger partial charge < -0.3 is 5.32 Å². The smallest absolute Gasteiger partial charge is 0.351 e. The summed E-state index contributed by atoms with van der Waals surface area (Å²) in [7, 11) is -3.76. The van der Waals surface area contributed by atoms with Crippen LogP contribution in [-0.2, 0) is 27.5 Å². The normalized spacial score (nSPS) is 18.6. The molecular weight excluding hydrogens is 401 g/mol. The van der Waals surface area contributed by atoms with Gasteiger partial charge in [0.15, 0.2) is 0 Å². The van der Waals surface area contributed by atoms with E-state index < -0.39 is 33.7 Å². The van der Waals surface area contributed by atoms with E-state index in [4.69, 9.17) is 0 Å². The Kier molecular flexibility index (Phi) is 5.59. The molecule has 1 aromatic heterocycles. The maximum Gasteiger partial charge on any atom is 0.416 e. The van der Waals surface area contributed by atoms with Crippen LogP contribution >= 0.6 is 11.3 Å². The molecule has 10 heteroatoms. The van der Waals surface area contributed by atoms with Crippen LogP contribution in [0.25, 0.3) is 0 Å². The molecule has 2 heterocycles. The molecule has 0 radical (unpaired) electrons. The fourth-order valence-corrected chi connectivity index (χ4v) is 5.76. The van der Waals surface area contributed by atoms with Crippen molar-refractivity contribution in [3.05, 3.63) is 52.9 Å². The van der Waals surface area contributed by atoms with E-state index in [-0.39, 0.29) is 17.3 Å². The molecule has 1 fully saturated rings. The summed E-state index contributed by atoms with van der Waals surface area (Å²) in [6.45, 7) is 0.133. The van der Waals surface area contributed by atoms with E-state index in [1.54, 1.807) is 11.4 Å². The fourth-order valence-electron chi connectivity index (χ4n) is 2.98. The summed E-state index contributed by atoms with van der Waals surface area (Å²) in [6.07, 6.45) is -3.54. The van der Waals surface area contributed by atoms with E-state index in [1.807, 2.05) is 0 Å². The minimum atomic E-state index is -4.46. The molecule has 1 atom stereocenters. The Bertz CT molecular complexity index is 912. The van der Waals surface area contributed by atoms with Crippen LogP contribution in [0.15, 0.2) is 46.0 Å². The molecule has 0 saturated carbocycles. The number of thiophene rings is 1. The highest BCUT2D eigenvalue weighted by atomic mass is 32.2. The monoisotopic (exact) mass is 418 g/mol. The van der Waals surface area contributed by atoms with Crippen molar-refractivity contribution in [3.8, 4) is 0 Å². The van der Waals surface area contributed by atoms with Crippen LogP contribution in [0.5, 0.6) is 0 Å². The average molecular weight is 418 g/mol. The van der Waals surface area contributed by atoms with Crippen LogP contribution in [0.2, 0.25) is 0 Å². The van der Waals surface area contributed by atoms with Gasteiger partial charge in [-0.25, -0.2) is 8.42 Å². The number of benzene rings is 1. The number of alkyl halides is 3. The third-order valence-corrected chi connectivity index (χ3v) is 7.57. The molecule has 0 unspecified atom stereocenters. The van der Waals surface area contributed by atoms with E-state index in [0.717, 1.165) is 23.5 Å². The number of rotatable bonds is 5. The summed E-state index contributed by atoms with van der Waals surface area (Å²) in [5, 5.41) is 4.20. The van der Waals surface area contributed by atoms with Crippen LogP contribution in [0.1, 0.15) is 24.0 Å². The lowest BCUT2D eigenvalue weighted by atomic mass is 10.1. The number of carbonyl (C=O) groups is 1. The Balaban J connectivity index is 1.69. The molecule has 0 aliphatic carbocycles. The van der Waals surface area contributed by atoms with Gasteiger partial charge in [0.1, 0.15) is 10.3 Å². The maximum absolute atomic E-state index is 12.8. The summed E-state index contributed by atoms with van der Waals surface area (Å²) in [5.74, 6) is -0.509. The summed E-state index contributed by atoms with van der Waals surface area (Å²) in [6, 6.07) is 6.92. The molecule has 2 aromatic rings. The number of amides is 1. The minimum absolute atomic E-state index is 0.105. The SMILES string of the molecule is O=C(NCc1cccc(C(F)(F)F)c1)[C@H]1CCCN1S(=O)(=O)c1cccs1. The van der Waals surface area contributed by atoms with Gasteiger partial charge >= 0.3 is 6.18 Å². The van der Waals surface area contributed by atoms with Crippen molar-refractivity contribution in [2.45, 2.75) is 35.8 Å². The van der Waals surface area contributed by atoms with Gasteiger partial charge in [-0.05, 0) is 42.0 Å². The van der Waals surface area contributed by atoms with Crippen LogP contribution in [0.3, 0.4) is 0 Å². The van der Waals surface area contributed by atoms with Gasteiger partial charge in [0.05, 0.1) is 5.56 Å². The highest BCUT2D eigenvalue weighted by Gasteiger charge is 2.39. The van der Waals surface area contributed by atoms with E-state index in [9.17, 15) is 26.4 Å². The average Bonchev–Trinajstić information content (AvgIpc) is 3.31. The molecule has 0 bridgehead atoms. The first kappa shape index (κ1) is 19.8. The van der Waals surface area contributed by atoms with Crippen molar-refractivity contribution in [1.82, 2.24) is 9.62 Å². The summed E-state index contributed by atoms with van der Waals surface area (Å²) in [5.41, 5.74) is -0.499. The molecule has 3 rings (SSSR count). The molecule has 1 amide bonds. The van der Waals surface area contributed by atoms with Gasteiger partial charge in [-0.1, -0.05) is 18.2 Å². The van der Waals surface area contributed by atoms with Gasteiger partial charge in [0, 0.05) is 13.1 Å². The molecule has 0 spiro atoms. The molecule has 1 aliphatic heterocycles. The topological polar surface area (TPSA) is 66.5 Å². The van der Waals surface area contributed by atoms with E-state index in [2.05, 4.69) is 5.32 Å². The third kappa shape index (κ3) is 4.33. The molecule has 5 nitrogen and oxygen atoms in total. The first-order valence-corrected chi connectivity index (χ1v) is 10.5. The third-order valence-electron chi connectivity index (χ3n) is 4.29. The van der Waals surface area contributed by atoms with Gasteiger partial charge in [0.25, 0.3) is 10.0 Å². The Morgan fingerprint density at radius 3 is 2.70 bits per heavy atom. The van der Waals surface area contributed by atoms with Crippen LogP contribution in [-0.4, -0.2) is 31.2 Å². The summed E-state index contributed by atoms with van der Waals surface area (Å²) >= 11 is 1.08. The molecule has 27 heavy (non-hydrogen) atoms. The number of carbonyl (C=O) groups excluding carboxylic acids is 1. The van der Waals surface area contributed by atoms with Crippen molar-refractivity contribution in [1.29, 1.82) is 0 Å². The fraction of sp³-hybridized carbons (Fsp3) is 0.353. The van der Waals surface area contributed by atoms with Gasteiger partial charge in [-0.3, -0.25) is 4.79 Å². The van der Waals surface area contributed by atoms with E-state index in [1.165, 1.54) is 22.5 Å². The summed E-state index contributed by atoms with van der Waals surface area (Å²) < 4.78 is 65.0. The molecule has 1 aliphatic rings. The lowest BCUT2D eigenvalue weighted by Gasteiger charge is -2.22. The zero-order valence-corrected chi connectivity index (χ0v) is 15.7. The minimum Gasteiger partial charge on any atom is -0.351 e. The number of hydrogen-bond donors (Lipinski definition) is 1. The quantitative estimate of drug-likeness (QED) is 0.811. The summed E-state index contributed by atoms with van der Waals surface area (Å²) in [4.78, 5) is 12.5. The Hall–Kier alpha value is -1.91. The van der Waals surface area contributed by atoms with Crippen molar-refractivity contribution >= 4 is 27.3 Å². The largest absolute Gasteiger partial charge is 0.416 e. The van der Waals surface area contributed by atoms with E-state index in [0.29, 0.717) is 18.4 Å². The number of nitrogens with zero attached hydrogens (tertiary/aromatic N) is 1. The molecular formula is C17H17F3N2O3S2. The van der Waals surface area contributed by atoms with Crippen molar-refractivity contribution in [2.75, 3.05) is 6.54 Å². The molecule has 1 aromatic carbocycles. The lowest BCUT2D eigenvalue weighted by molar-refractivity contribution is -0.137. The van der Waals surface area contributed by atoms with E-state index >= 15 is 0 Å². The zero-order valence-electron chi connectivity index (χ0n) is 14.1. The standard InChI is InChI=1S/C17H17F3N2O3S2/c18-17(19,20)13-5-1-4-12(10-13)11-21-16(23)14-6-2-8-22(14)27(24,25)15-7-3-9-26-15/h1,3-5,7,9-10,14H,2,6,8,11H2,(H,21,23)/t14-/m1/s1. The zero-order chi connectivity index (χ0) is 19.7. The predicted octanol–water partition coefficient (Wildman–Crippen LogP) is 3.24. The molecule has 146 valence electrons.